The molecule has 3 heteroatoms. The maximum atomic E-state index is 5.42. The Labute approximate surface area is 64.2 Å². The maximum absolute atomic E-state index is 5.42. The molecule has 0 amide bonds. The van der Waals surface area contributed by atoms with Crippen LogP contribution in [0.2, 0.25) is 0 Å². The van der Waals surface area contributed by atoms with Gasteiger partial charge in [-0.15, -0.1) is 0 Å². The Morgan fingerprint density at radius 2 is 2.57 bits per heavy atom. The Bertz CT molecular complexity index is 115. The molecular formula is C4H2ClLiS. The molecule has 1 aliphatic rings. The molecule has 0 fully saturated rings. The van der Waals surface area contributed by atoms with Gasteiger partial charge in [-0.25, -0.2) is 11.8 Å². The average molecular weight is 125 g/mol. The van der Waals surface area contributed by atoms with E-state index in [9.17, 15) is 0 Å². The van der Waals surface area contributed by atoms with E-state index in [1.165, 1.54) is 11.8 Å². The molecule has 0 saturated heterocycles. The van der Waals surface area contributed by atoms with Gasteiger partial charge >= 0.3 is 18.9 Å². The number of hydrogen-bond acceptors (Lipinski definition) is 1. The van der Waals surface area contributed by atoms with Crippen LogP contribution in [0.15, 0.2) is 16.2 Å². The smallest absolute Gasteiger partial charge is 0.324 e. The largest absolute Gasteiger partial charge is 1.00 e. The van der Waals surface area contributed by atoms with Crippen LogP contribution in [0.25, 0.3) is 0 Å². The number of halogens is 1. The van der Waals surface area contributed by atoms with Crippen molar-refractivity contribution in [2.45, 2.75) is 0 Å². The summed E-state index contributed by atoms with van der Waals surface area (Å²) in [4.78, 5) is 0. The van der Waals surface area contributed by atoms with E-state index in [0.29, 0.717) is 0 Å². The van der Waals surface area contributed by atoms with Crippen molar-refractivity contribution in [3.8, 4) is 0 Å². The molecule has 0 aromatic heterocycles. The summed E-state index contributed by atoms with van der Waals surface area (Å²) in [5, 5.41) is 0. The van der Waals surface area contributed by atoms with Crippen LogP contribution in [0.1, 0.15) is 0 Å². The van der Waals surface area contributed by atoms with Gasteiger partial charge in [-0.3, -0.25) is 0 Å². The minimum absolute atomic E-state index is 0. The zero-order chi connectivity index (χ0) is 4.41. The summed E-state index contributed by atoms with van der Waals surface area (Å²) in [5.41, 5.74) is 2.78. The first-order valence-corrected chi connectivity index (χ1v) is 2.76. The second kappa shape index (κ2) is 3.61. The van der Waals surface area contributed by atoms with Gasteiger partial charge in [0.05, 0.1) is 0 Å². The molecule has 0 aromatic carbocycles. The minimum atomic E-state index is 0. The fraction of sp³-hybridized carbons (Fsp3) is 0. The SMILES string of the molecule is ClC1=C=C[CH-]S1.[Li+]. The summed E-state index contributed by atoms with van der Waals surface area (Å²) in [6.45, 7) is 0. The number of hydrogen-bond donors (Lipinski definition) is 0. The van der Waals surface area contributed by atoms with E-state index in [1.807, 2.05) is 5.75 Å². The quantitative estimate of drug-likeness (QED) is 0.230. The molecule has 0 aromatic rings. The van der Waals surface area contributed by atoms with Gasteiger partial charge in [-0.1, -0.05) is 11.6 Å². The summed E-state index contributed by atoms with van der Waals surface area (Å²) < 4.78 is 0.731. The van der Waals surface area contributed by atoms with Crippen LogP contribution < -0.4 is 18.9 Å². The van der Waals surface area contributed by atoms with Crippen LogP contribution in [-0.2, 0) is 0 Å². The molecule has 0 N–H and O–H groups in total. The van der Waals surface area contributed by atoms with E-state index in [0.717, 1.165) is 4.36 Å². The van der Waals surface area contributed by atoms with Gasteiger partial charge in [-0.2, -0.15) is 11.8 Å². The Morgan fingerprint density at radius 1 is 1.86 bits per heavy atom. The molecule has 0 radical (unpaired) electrons. The Balaban J connectivity index is 0.000000360. The first kappa shape index (κ1) is 7.63. The summed E-state index contributed by atoms with van der Waals surface area (Å²) in [6, 6.07) is 0. The summed E-state index contributed by atoms with van der Waals surface area (Å²) in [6.07, 6.45) is 1.80. The molecule has 0 atom stereocenters. The van der Waals surface area contributed by atoms with Crippen molar-refractivity contribution in [3.63, 3.8) is 0 Å². The van der Waals surface area contributed by atoms with Gasteiger partial charge in [0, 0.05) is 4.36 Å². The van der Waals surface area contributed by atoms with E-state index in [-0.39, 0.29) is 18.9 Å². The first-order chi connectivity index (χ1) is 2.89. The second-order valence-corrected chi connectivity index (χ2v) is 2.36. The number of rotatable bonds is 0. The van der Waals surface area contributed by atoms with Crippen molar-refractivity contribution in [1.82, 2.24) is 0 Å². The predicted octanol–water partition coefficient (Wildman–Crippen LogP) is -0.866. The van der Waals surface area contributed by atoms with Crippen molar-refractivity contribution in [2.75, 3.05) is 0 Å². The van der Waals surface area contributed by atoms with Gasteiger partial charge in [0.2, 0.25) is 0 Å². The summed E-state index contributed by atoms with van der Waals surface area (Å²) in [7, 11) is 0. The van der Waals surface area contributed by atoms with Gasteiger partial charge in [-0.05, 0) is 0 Å². The van der Waals surface area contributed by atoms with Crippen molar-refractivity contribution < 1.29 is 18.9 Å². The molecule has 0 saturated carbocycles. The van der Waals surface area contributed by atoms with E-state index in [1.54, 1.807) is 6.08 Å². The van der Waals surface area contributed by atoms with Crippen molar-refractivity contribution in [2.24, 2.45) is 0 Å². The second-order valence-electron chi connectivity index (χ2n) is 0.839. The molecule has 0 spiro atoms. The van der Waals surface area contributed by atoms with E-state index >= 15 is 0 Å². The van der Waals surface area contributed by atoms with Crippen molar-refractivity contribution in [1.29, 1.82) is 0 Å². The molecule has 32 valence electrons. The fourth-order valence-electron chi connectivity index (χ4n) is 0.227. The normalized spacial score (nSPS) is 14.7. The van der Waals surface area contributed by atoms with Gasteiger partial charge in [0.15, 0.2) is 0 Å². The van der Waals surface area contributed by atoms with Gasteiger partial charge in [0.1, 0.15) is 0 Å². The maximum Gasteiger partial charge on any atom is 1.00 e. The monoisotopic (exact) mass is 124 g/mol. The van der Waals surface area contributed by atoms with Crippen LogP contribution in [0.4, 0.5) is 0 Å². The molecule has 1 heterocycles. The Hall–Kier alpha value is 0.627. The van der Waals surface area contributed by atoms with Crippen molar-refractivity contribution in [3.05, 3.63) is 21.9 Å². The average Bonchev–Trinajstić information content (AvgIpc) is 1.86. The predicted molar refractivity (Wildman–Crippen MR) is 29.3 cm³/mol. The summed E-state index contributed by atoms with van der Waals surface area (Å²) in [5.74, 6) is 1.89. The van der Waals surface area contributed by atoms with Crippen LogP contribution in [-0.4, -0.2) is 0 Å². The number of thioether (sulfide) groups is 1. The van der Waals surface area contributed by atoms with Crippen LogP contribution >= 0.6 is 23.4 Å². The van der Waals surface area contributed by atoms with E-state index in [2.05, 4.69) is 5.73 Å². The topological polar surface area (TPSA) is 0 Å². The Morgan fingerprint density at radius 3 is 2.71 bits per heavy atom. The zero-order valence-electron chi connectivity index (χ0n) is 3.94. The fourth-order valence-corrected chi connectivity index (χ4v) is 0.836. The third kappa shape index (κ3) is 2.44. The van der Waals surface area contributed by atoms with E-state index in [4.69, 9.17) is 11.6 Å². The zero-order valence-corrected chi connectivity index (χ0v) is 5.51. The molecule has 1 aliphatic heterocycles. The van der Waals surface area contributed by atoms with Gasteiger partial charge < -0.3 is 5.73 Å². The van der Waals surface area contributed by atoms with Crippen LogP contribution in [0, 0.1) is 5.75 Å². The Kier molecular flexibility index (Phi) is 3.93. The summed E-state index contributed by atoms with van der Waals surface area (Å²) >= 11 is 6.91. The standard InChI is InChI=1S/C4H2ClS.Li/c5-4-2-1-3-6-4;/h1,3H;/q-1;+1. The first-order valence-electron chi connectivity index (χ1n) is 1.50. The molecule has 1 rings (SSSR count). The van der Waals surface area contributed by atoms with Gasteiger partial charge in [0.25, 0.3) is 0 Å². The molecule has 0 nitrogen and oxygen atoms in total. The molecular weight excluding hydrogens is 123 g/mol. The molecule has 7 heavy (non-hydrogen) atoms. The van der Waals surface area contributed by atoms with Crippen LogP contribution in [0.5, 0.6) is 0 Å². The minimum Gasteiger partial charge on any atom is -0.324 e. The molecule has 0 unspecified atom stereocenters. The third-order valence-corrected chi connectivity index (χ3v) is 1.41. The van der Waals surface area contributed by atoms with Crippen molar-refractivity contribution >= 4 is 23.4 Å². The molecule has 0 bridgehead atoms. The molecule has 0 aliphatic carbocycles. The van der Waals surface area contributed by atoms with E-state index < -0.39 is 0 Å². The third-order valence-electron chi connectivity index (χ3n) is 0.436. The van der Waals surface area contributed by atoms with Crippen LogP contribution in [0.3, 0.4) is 0 Å².